The lowest BCUT2D eigenvalue weighted by Gasteiger charge is -2.31. The van der Waals surface area contributed by atoms with Gasteiger partial charge in [-0.15, -0.1) is 0 Å². The van der Waals surface area contributed by atoms with Crippen molar-refractivity contribution >= 4 is 11.8 Å². The third kappa shape index (κ3) is 5.89. The van der Waals surface area contributed by atoms with Crippen LogP contribution in [-0.4, -0.2) is 28.8 Å². The molecule has 2 amide bonds. The molecule has 1 atom stereocenters. The van der Waals surface area contributed by atoms with Gasteiger partial charge in [-0.05, 0) is 42.5 Å². The van der Waals surface area contributed by atoms with Gasteiger partial charge in [-0.1, -0.05) is 62.2 Å². The molecule has 1 saturated carbocycles. The zero-order chi connectivity index (χ0) is 20.6. The van der Waals surface area contributed by atoms with E-state index in [4.69, 9.17) is 0 Å². The molecule has 3 rings (SSSR count). The summed E-state index contributed by atoms with van der Waals surface area (Å²) >= 11 is 0. The summed E-state index contributed by atoms with van der Waals surface area (Å²) < 4.78 is 13.3. The molecule has 5 heteroatoms. The van der Waals surface area contributed by atoms with E-state index in [2.05, 4.69) is 5.32 Å². The summed E-state index contributed by atoms with van der Waals surface area (Å²) in [6, 6.07) is 15.3. The number of hydrogen-bond donors (Lipinski definition) is 1. The van der Waals surface area contributed by atoms with Crippen molar-refractivity contribution in [3.63, 3.8) is 0 Å². The van der Waals surface area contributed by atoms with Gasteiger partial charge in [0.15, 0.2) is 0 Å². The van der Waals surface area contributed by atoms with Crippen LogP contribution in [0.1, 0.15) is 50.2 Å². The molecule has 154 valence electrons. The first-order valence-corrected chi connectivity index (χ1v) is 10.4. The maximum absolute atomic E-state index is 13.3. The van der Waals surface area contributed by atoms with E-state index in [9.17, 15) is 14.0 Å². The highest BCUT2D eigenvalue weighted by Gasteiger charge is 2.30. The van der Waals surface area contributed by atoms with Gasteiger partial charge in [0.1, 0.15) is 11.9 Å². The van der Waals surface area contributed by atoms with Crippen LogP contribution in [0, 0.1) is 5.82 Å². The molecule has 2 aromatic carbocycles. The predicted octanol–water partition coefficient (Wildman–Crippen LogP) is 4.23. The molecule has 1 aliphatic rings. The van der Waals surface area contributed by atoms with Gasteiger partial charge >= 0.3 is 0 Å². The summed E-state index contributed by atoms with van der Waals surface area (Å²) in [4.78, 5) is 27.8. The number of nitrogens with one attached hydrogen (secondary N) is 1. The summed E-state index contributed by atoms with van der Waals surface area (Å²) in [5.41, 5.74) is 1.72. The van der Waals surface area contributed by atoms with E-state index in [0.717, 1.165) is 36.8 Å². The molecule has 0 bridgehead atoms. The van der Waals surface area contributed by atoms with Gasteiger partial charge < -0.3 is 10.2 Å². The smallest absolute Gasteiger partial charge is 0.243 e. The fraction of sp³-hybridized carbons (Fsp3) is 0.417. The van der Waals surface area contributed by atoms with Crippen LogP contribution in [0.15, 0.2) is 54.6 Å². The van der Waals surface area contributed by atoms with Gasteiger partial charge in [0, 0.05) is 12.6 Å². The Labute approximate surface area is 172 Å². The first kappa shape index (κ1) is 21.0. The minimum absolute atomic E-state index is 0.0945. The topological polar surface area (TPSA) is 49.4 Å². The van der Waals surface area contributed by atoms with Gasteiger partial charge in [-0.25, -0.2) is 4.39 Å². The van der Waals surface area contributed by atoms with Gasteiger partial charge in [0.25, 0.3) is 0 Å². The first-order chi connectivity index (χ1) is 14.1. The Balaban J connectivity index is 1.79. The quantitative estimate of drug-likeness (QED) is 0.726. The van der Waals surface area contributed by atoms with Crippen molar-refractivity contribution in [2.24, 2.45) is 0 Å². The molecule has 0 radical (unpaired) electrons. The number of amides is 2. The Hall–Kier alpha value is -2.69. The third-order valence-electron chi connectivity index (χ3n) is 5.55. The molecule has 0 aromatic heterocycles. The van der Waals surface area contributed by atoms with Crippen LogP contribution in [0.3, 0.4) is 0 Å². The van der Waals surface area contributed by atoms with Crippen molar-refractivity contribution in [3.05, 3.63) is 71.5 Å². The molecule has 4 nitrogen and oxygen atoms in total. The number of carbonyl (C=O) groups is 2. The van der Waals surface area contributed by atoms with Crippen molar-refractivity contribution in [1.29, 1.82) is 0 Å². The molecule has 2 aromatic rings. The number of nitrogens with zero attached hydrogens (tertiary/aromatic N) is 1. The normalized spacial score (nSPS) is 15.1. The fourth-order valence-electron chi connectivity index (χ4n) is 3.95. The average Bonchev–Trinajstić information content (AvgIpc) is 3.23. The van der Waals surface area contributed by atoms with E-state index in [1.54, 1.807) is 17.0 Å². The zero-order valence-electron chi connectivity index (χ0n) is 16.9. The van der Waals surface area contributed by atoms with Crippen molar-refractivity contribution in [2.45, 2.75) is 64.1 Å². The van der Waals surface area contributed by atoms with Crippen LogP contribution >= 0.6 is 0 Å². The van der Waals surface area contributed by atoms with E-state index < -0.39 is 6.04 Å². The number of halogens is 1. The van der Waals surface area contributed by atoms with Crippen LogP contribution in [0.2, 0.25) is 0 Å². The highest BCUT2D eigenvalue weighted by Crippen LogP contribution is 2.20. The maximum atomic E-state index is 13.3. The van der Waals surface area contributed by atoms with Crippen molar-refractivity contribution in [2.75, 3.05) is 0 Å². The second kappa shape index (κ2) is 10.2. The molecule has 1 N–H and O–H groups in total. The van der Waals surface area contributed by atoms with Crippen LogP contribution < -0.4 is 5.32 Å². The monoisotopic (exact) mass is 396 g/mol. The average molecular weight is 397 g/mol. The SMILES string of the molecule is CCC(C(=O)NC1CCCC1)N(Cc1ccc(F)cc1)C(=O)Cc1ccccc1. The van der Waals surface area contributed by atoms with E-state index in [1.807, 2.05) is 37.3 Å². The van der Waals surface area contributed by atoms with Crippen molar-refractivity contribution in [1.82, 2.24) is 10.2 Å². The summed E-state index contributed by atoms with van der Waals surface area (Å²) in [7, 11) is 0. The second-order valence-electron chi connectivity index (χ2n) is 7.72. The minimum Gasteiger partial charge on any atom is -0.352 e. The Morgan fingerprint density at radius 2 is 1.69 bits per heavy atom. The van der Waals surface area contributed by atoms with E-state index in [-0.39, 0.29) is 36.6 Å². The summed E-state index contributed by atoms with van der Waals surface area (Å²) in [5.74, 6) is -0.515. The number of hydrogen-bond acceptors (Lipinski definition) is 2. The summed E-state index contributed by atoms with van der Waals surface area (Å²) in [6.07, 6.45) is 5.02. The van der Waals surface area contributed by atoms with E-state index in [0.29, 0.717) is 6.42 Å². The van der Waals surface area contributed by atoms with Gasteiger partial charge in [-0.2, -0.15) is 0 Å². The molecule has 29 heavy (non-hydrogen) atoms. The lowest BCUT2D eigenvalue weighted by Crippen LogP contribution is -2.51. The molecule has 0 spiro atoms. The number of rotatable bonds is 8. The lowest BCUT2D eigenvalue weighted by atomic mass is 10.1. The number of benzene rings is 2. The van der Waals surface area contributed by atoms with Crippen molar-refractivity contribution < 1.29 is 14.0 Å². The first-order valence-electron chi connectivity index (χ1n) is 10.4. The molecule has 1 fully saturated rings. The molecule has 1 aliphatic carbocycles. The maximum Gasteiger partial charge on any atom is 0.243 e. The standard InChI is InChI=1S/C24H29FN2O2/c1-2-22(24(29)26-21-10-6-7-11-21)27(17-19-12-14-20(25)15-13-19)23(28)16-18-8-4-3-5-9-18/h3-5,8-9,12-15,21-22H,2,6-7,10-11,16-17H2,1H3,(H,26,29). The van der Waals surface area contributed by atoms with Crippen LogP contribution in [0.4, 0.5) is 4.39 Å². The van der Waals surface area contributed by atoms with E-state index >= 15 is 0 Å². The Morgan fingerprint density at radius 3 is 2.31 bits per heavy atom. The molecule has 0 aliphatic heterocycles. The van der Waals surface area contributed by atoms with Gasteiger partial charge in [-0.3, -0.25) is 9.59 Å². The second-order valence-corrected chi connectivity index (χ2v) is 7.72. The molecule has 0 heterocycles. The zero-order valence-corrected chi connectivity index (χ0v) is 16.9. The lowest BCUT2D eigenvalue weighted by molar-refractivity contribution is -0.141. The summed E-state index contributed by atoms with van der Waals surface area (Å²) in [6.45, 7) is 2.20. The fourth-order valence-corrected chi connectivity index (χ4v) is 3.95. The highest BCUT2D eigenvalue weighted by atomic mass is 19.1. The minimum atomic E-state index is -0.545. The number of carbonyl (C=O) groups excluding carboxylic acids is 2. The molecular formula is C24H29FN2O2. The van der Waals surface area contributed by atoms with Gasteiger partial charge in [0.2, 0.25) is 11.8 Å². The Kier molecular flexibility index (Phi) is 7.39. The molecule has 0 saturated heterocycles. The van der Waals surface area contributed by atoms with Crippen LogP contribution in [0.25, 0.3) is 0 Å². The Morgan fingerprint density at radius 1 is 1.03 bits per heavy atom. The van der Waals surface area contributed by atoms with Gasteiger partial charge in [0.05, 0.1) is 6.42 Å². The van der Waals surface area contributed by atoms with Crippen LogP contribution in [-0.2, 0) is 22.6 Å². The largest absolute Gasteiger partial charge is 0.352 e. The highest BCUT2D eigenvalue weighted by molar-refractivity contribution is 5.88. The summed E-state index contributed by atoms with van der Waals surface area (Å²) in [5, 5.41) is 3.13. The molecular weight excluding hydrogens is 367 g/mol. The predicted molar refractivity (Wildman–Crippen MR) is 112 cm³/mol. The third-order valence-corrected chi connectivity index (χ3v) is 5.55. The van der Waals surface area contributed by atoms with Crippen molar-refractivity contribution in [3.8, 4) is 0 Å². The van der Waals surface area contributed by atoms with E-state index in [1.165, 1.54) is 12.1 Å². The van der Waals surface area contributed by atoms with Crippen LogP contribution in [0.5, 0.6) is 0 Å². The molecule has 1 unspecified atom stereocenters. The Bertz CT molecular complexity index is 801.